The normalized spacial score (nSPS) is 11.4. The van der Waals surface area contributed by atoms with Crippen LogP contribution in [-0.2, 0) is 4.79 Å². The summed E-state index contributed by atoms with van der Waals surface area (Å²) in [6, 6.07) is 15.6. The summed E-state index contributed by atoms with van der Waals surface area (Å²) in [4.78, 5) is 17.0. The average Bonchev–Trinajstić information content (AvgIpc) is 2.60. The number of para-hydroxylation sites is 1. The molecule has 0 fully saturated rings. The van der Waals surface area contributed by atoms with Gasteiger partial charge in [0.25, 0.3) is 0 Å². The SMILES string of the molecule is COc1ccc(-c2ccccc2NC(=O)C(C)(C)C)c2ncccc12. The number of fused-ring (bicyclic) bond motifs is 1. The van der Waals surface area contributed by atoms with Gasteiger partial charge in [-0.2, -0.15) is 0 Å². The number of methoxy groups -OCH3 is 1. The van der Waals surface area contributed by atoms with E-state index < -0.39 is 5.41 Å². The van der Waals surface area contributed by atoms with Gasteiger partial charge in [0.1, 0.15) is 5.75 Å². The summed E-state index contributed by atoms with van der Waals surface area (Å²) in [5.41, 5.74) is 3.05. The Morgan fingerprint density at radius 3 is 2.48 bits per heavy atom. The number of hydrogen-bond donors (Lipinski definition) is 1. The molecule has 0 saturated carbocycles. The molecule has 128 valence electrons. The maximum Gasteiger partial charge on any atom is 0.229 e. The van der Waals surface area contributed by atoms with Gasteiger partial charge in [0, 0.05) is 33.8 Å². The molecule has 4 heteroatoms. The monoisotopic (exact) mass is 334 g/mol. The minimum atomic E-state index is -0.465. The molecule has 25 heavy (non-hydrogen) atoms. The molecular weight excluding hydrogens is 312 g/mol. The lowest BCUT2D eigenvalue weighted by Crippen LogP contribution is -2.27. The van der Waals surface area contributed by atoms with Crippen LogP contribution in [0.3, 0.4) is 0 Å². The number of carbonyl (C=O) groups is 1. The molecule has 4 nitrogen and oxygen atoms in total. The molecule has 1 N–H and O–H groups in total. The van der Waals surface area contributed by atoms with Crippen LogP contribution >= 0.6 is 0 Å². The molecule has 0 atom stereocenters. The first-order chi connectivity index (χ1) is 11.9. The van der Waals surface area contributed by atoms with Crippen LogP contribution in [0.5, 0.6) is 5.75 Å². The van der Waals surface area contributed by atoms with Crippen molar-refractivity contribution < 1.29 is 9.53 Å². The lowest BCUT2D eigenvalue weighted by Gasteiger charge is -2.20. The Balaban J connectivity index is 2.15. The number of nitrogens with zero attached hydrogens (tertiary/aromatic N) is 1. The molecule has 0 aliphatic carbocycles. The maximum absolute atomic E-state index is 12.4. The quantitative estimate of drug-likeness (QED) is 0.741. The van der Waals surface area contributed by atoms with Gasteiger partial charge >= 0.3 is 0 Å². The second-order valence-corrected chi connectivity index (χ2v) is 6.96. The molecule has 0 saturated heterocycles. The van der Waals surface area contributed by atoms with Crippen LogP contribution in [0, 0.1) is 5.41 Å². The lowest BCUT2D eigenvalue weighted by atomic mass is 9.94. The molecule has 3 rings (SSSR count). The molecule has 0 aliphatic heterocycles. The number of aromatic nitrogens is 1. The van der Waals surface area contributed by atoms with Crippen LogP contribution in [0.2, 0.25) is 0 Å². The first-order valence-electron chi connectivity index (χ1n) is 8.24. The molecule has 1 heterocycles. The topological polar surface area (TPSA) is 51.2 Å². The zero-order chi connectivity index (χ0) is 18.0. The zero-order valence-electron chi connectivity index (χ0n) is 15.0. The maximum atomic E-state index is 12.4. The highest BCUT2D eigenvalue weighted by atomic mass is 16.5. The molecule has 2 aromatic carbocycles. The van der Waals surface area contributed by atoms with Gasteiger partial charge in [-0.3, -0.25) is 9.78 Å². The molecular formula is C21H22N2O2. The van der Waals surface area contributed by atoms with Gasteiger partial charge in [-0.1, -0.05) is 39.0 Å². The number of pyridine rings is 1. The number of carbonyl (C=O) groups excluding carboxylic acids is 1. The summed E-state index contributed by atoms with van der Waals surface area (Å²) in [6.45, 7) is 5.69. The van der Waals surface area contributed by atoms with Gasteiger partial charge < -0.3 is 10.1 Å². The molecule has 0 spiro atoms. The van der Waals surface area contributed by atoms with E-state index in [-0.39, 0.29) is 5.91 Å². The Kier molecular flexibility index (Phi) is 4.45. The number of anilines is 1. The van der Waals surface area contributed by atoms with Crippen LogP contribution < -0.4 is 10.1 Å². The van der Waals surface area contributed by atoms with Gasteiger partial charge in [-0.15, -0.1) is 0 Å². The third-order valence-corrected chi connectivity index (χ3v) is 4.10. The van der Waals surface area contributed by atoms with E-state index in [4.69, 9.17) is 4.74 Å². The fourth-order valence-electron chi connectivity index (χ4n) is 2.68. The van der Waals surface area contributed by atoms with Crippen molar-refractivity contribution in [2.45, 2.75) is 20.8 Å². The van der Waals surface area contributed by atoms with E-state index >= 15 is 0 Å². The van der Waals surface area contributed by atoms with Crippen molar-refractivity contribution in [3.8, 4) is 16.9 Å². The first-order valence-corrected chi connectivity index (χ1v) is 8.24. The van der Waals surface area contributed by atoms with E-state index in [9.17, 15) is 4.79 Å². The van der Waals surface area contributed by atoms with Crippen molar-refractivity contribution in [1.82, 2.24) is 4.98 Å². The van der Waals surface area contributed by atoms with Gasteiger partial charge in [0.15, 0.2) is 0 Å². The van der Waals surface area contributed by atoms with E-state index in [1.807, 2.05) is 69.3 Å². The summed E-state index contributed by atoms with van der Waals surface area (Å²) in [6.07, 6.45) is 1.77. The van der Waals surface area contributed by atoms with E-state index in [2.05, 4.69) is 10.3 Å². The average molecular weight is 334 g/mol. The first kappa shape index (κ1) is 17.0. The summed E-state index contributed by atoms with van der Waals surface area (Å²) < 4.78 is 5.45. The summed E-state index contributed by atoms with van der Waals surface area (Å²) in [5, 5.41) is 3.99. The van der Waals surface area contributed by atoms with Gasteiger partial charge in [-0.05, 0) is 30.3 Å². The fraction of sp³-hybridized carbons (Fsp3) is 0.238. The standard InChI is InChI=1S/C21H22N2O2/c1-21(2,3)20(24)23-17-10-6-5-8-14(17)15-11-12-18(25-4)16-9-7-13-22-19(15)16/h5-13H,1-4H3,(H,23,24). The molecule has 0 aliphatic rings. The number of rotatable bonds is 3. The molecule has 0 radical (unpaired) electrons. The van der Waals surface area contributed by atoms with Gasteiger partial charge in [-0.25, -0.2) is 0 Å². The summed E-state index contributed by atoms with van der Waals surface area (Å²) >= 11 is 0. The van der Waals surface area contributed by atoms with E-state index in [0.29, 0.717) is 0 Å². The van der Waals surface area contributed by atoms with Crippen molar-refractivity contribution in [3.63, 3.8) is 0 Å². The largest absolute Gasteiger partial charge is 0.496 e. The van der Waals surface area contributed by atoms with Crippen molar-refractivity contribution in [3.05, 3.63) is 54.7 Å². The fourth-order valence-corrected chi connectivity index (χ4v) is 2.68. The van der Waals surface area contributed by atoms with Crippen molar-refractivity contribution in [2.75, 3.05) is 12.4 Å². The third-order valence-electron chi connectivity index (χ3n) is 4.10. The number of ether oxygens (including phenoxy) is 1. The Labute approximate surface area is 147 Å². The molecule has 1 amide bonds. The van der Waals surface area contributed by atoms with Crippen molar-refractivity contribution in [2.24, 2.45) is 5.41 Å². The van der Waals surface area contributed by atoms with Crippen LogP contribution in [-0.4, -0.2) is 18.0 Å². The lowest BCUT2D eigenvalue weighted by molar-refractivity contribution is -0.123. The number of nitrogens with one attached hydrogen (secondary N) is 1. The highest BCUT2D eigenvalue weighted by Crippen LogP contribution is 2.36. The van der Waals surface area contributed by atoms with Crippen molar-refractivity contribution >= 4 is 22.5 Å². The van der Waals surface area contributed by atoms with Crippen LogP contribution in [0.1, 0.15) is 20.8 Å². The Hall–Kier alpha value is -2.88. The van der Waals surface area contributed by atoms with Gasteiger partial charge in [0.2, 0.25) is 5.91 Å². The third kappa shape index (κ3) is 3.33. The Morgan fingerprint density at radius 2 is 1.76 bits per heavy atom. The predicted octanol–water partition coefficient (Wildman–Crippen LogP) is 4.90. The van der Waals surface area contributed by atoms with Crippen LogP contribution in [0.25, 0.3) is 22.0 Å². The number of hydrogen-bond acceptors (Lipinski definition) is 3. The Morgan fingerprint density at radius 1 is 1.00 bits per heavy atom. The number of benzene rings is 2. The number of amides is 1. The highest BCUT2D eigenvalue weighted by Gasteiger charge is 2.22. The molecule has 0 bridgehead atoms. The predicted molar refractivity (Wildman–Crippen MR) is 102 cm³/mol. The Bertz CT molecular complexity index is 927. The van der Waals surface area contributed by atoms with Crippen LogP contribution in [0.15, 0.2) is 54.7 Å². The van der Waals surface area contributed by atoms with E-state index in [0.717, 1.165) is 33.5 Å². The van der Waals surface area contributed by atoms with E-state index in [1.165, 1.54) is 0 Å². The second-order valence-electron chi connectivity index (χ2n) is 6.96. The molecule has 1 aromatic heterocycles. The highest BCUT2D eigenvalue weighted by molar-refractivity contribution is 6.03. The second kappa shape index (κ2) is 6.55. The van der Waals surface area contributed by atoms with Crippen LogP contribution in [0.4, 0.5) is 5.69 Å². The zero-order valence-corrected chi connectivity index (χ0v) is 15.0. The van der Waals surface area contributed by atoms with Gasteiger partial charge in [0.05, 0.1) is 12.6 Å². The minimum absolute atomic E-state index is 0.0225. The minimum Gasteiger partial charge on any atom is -0.496 e. The summed E-state index contributed by atoms with van der Waals surface area (Å²) in [5.74, 6) is 0.758. The van der Waals surface area contributed by atoms with Crippen molar-refractivity contribution in [1.29, 1.82) is 0 Å². The summed E-state index contributed by atoms with van der Waals surface area (Å²) in [7, 11) is 1.65. The molecule has 3 aromatic rings. The van der Waals surface area contributed by atoms with E-state index in [1.54, 1.807) is 13.3 Å². The smallest absolute Gasteiger partial charge is 0.229 e. The molecule has 0 unspecified atom stereocenters.